The van der Waals surface area contributed by atoms with E-state index in [-0.39, 0.29) is 24.1 Å². The summed E-state index contributed by atoms with van der Waals surface area (Å²) in [4.78, 5) is 35.5. The number of rotatable bonds is 8. The Hall–Kier alpha value is -3.46. The summed E-state index contributed by atoms with van der Waals surface area (Å²) in [6.45, 7) is 2.39. The molecule has 0 spiro atoms. The van der Waals surface area contributed by atoms with Crippen molar-refractivity contribution in [1.82, 2.24) is 5.32 Å². The maximum absolute atomic E-state index is 12.3. The topological polar surface area (TPSA) is 132 Å². The summed E-state index contributed by atoms with van der Waals surface area (Å²) in [6.07, 6.45) is 0.370. The van der Waals surface area contributed by atoms with Crippen LogP contribution in [0.4, 0.5) is 16.2 Å². The number of carbonyl (C=O) groups excluding carboxylic acids is 3. The number of hydrogen-bond donors (Lipinski definition) is 4. The lowest BCUT2D eigenvalue weighted by Gasteiger charge is -2.20. The number of anilines is 2. The van der Waals surface area contributed by atoms with Crippen LogP contribution in [0, 0.1) is 5.92 Å². The van der Waals surface area contributed by atoms with Crippen LogP contribution in [-0.2, 0) is 16.0 Å². The lowest BCUT2D eigenvalue weighted by Crippen LogP contribution is -2.39. The first-order valence-electron chi connectivity index (χ1n) is 9.67. The van der Waals surface area contributed by atoms with Crippen LogP contribution in [-0.4, -0.2) is 37.6 Å². The fourth-order valence-corrected chi connectivity index (χ4v) is 3.24. The standard InChI is InChI=1S/C21H23ClN4O5/c1-2-30-14-5-3-12(4-6-14)7-13(20(23)28)10-24-21(29)26-16-9-18-17(8-15(16)22)25-19(27)11-31-18/h3-6,8-9,13H,2,7,10-11H2,1H3,(H2,23,28)(H,25,27)(H2,24,26,29). The predicted molar refractivity (Wildman–Crippen MR) is 117 cm³/mol. The minimum Gasteiger partial charge on any atom is -0.494 e. The van der Waals surface area contributed by atoms with E-state index < -0.39 is 17.9 Å². The van der Waals surface area contributed by atoms with Gasteiger partial charge in [-0.3, -0.25) is 9.59 Å². The maximum atomic E-state index is 12.3. The molecule has 9 nitrogen and oxygen atoms in total. The monoisotopic (exact) mass is 446 g/mol. The van der Waals surface area contributed by atoms with Gasteiger partial charge in [-0.2, -0.15) is 0 Å². The van der Waals surface area contributed by atoms with Crippen molar-refractivity contribution < 1.29 is 23.9 Å². The molecule has 1 aliphatic heterocycles. The number of ether oxygens (including phenoxy) is 2. The highest BCUT2D eigenvalue weighted by Crippen LogP contribution is 2.36. The van der Waals surface area contributed by atoms with Crippen molar-refractivity contribution in [2.75, 3.05) is 30.4 Å². The molecule has 0 radical (unpaired) electrons. The second kappa shape index (κ2) is 10.0. The van der Waals surface area contributed by atoms with Crippen molar-refractivity contribution in [1.29, 1.82) is 0 Å². The number of halogens is 1. The van der Waals surface area contributed by atoms with E-state index in [1.807, 2.05) is 31.2 Å². The molecule has 164 valence electrons. The molecule has 2 aromatic carbocycles. The molecule has 3 rings (SSSR count). The van der Waals surface area contributed by atoms with Crippen LogP contribution in [0.25, 0.3) is 0 Å². The van der Waals surface area contributed by atoms with E-state index in [1.165, 1.54) is 12.1 Å². The highest BCUT2D eigenvalue weighted by molar-refractivity contribution is 6.34. The summed E-state index contributed by atoms with van der Waals surface area (Å²) in [6, 6.07) is 9.79. The highest BCUT2D eigenvalue weighted by atomic mass is 35.5. The molecule has 1 unspecified atom stereocenters. The normalized spacial score (nSPS) is 13.3. The van der Waals surface area contributed by atoms with Crippen molar-refractivity contribution >= 4 is 40.8 Å². The van der Waals surface area contributed by atoms with Gasteiger partial charge in [0, 0.05) is 12.6 Å². The van der Waals surface area contributed by atoms with E-state index in [0.717, 1.165) is 11.3 Å². The first kappa shape index (κ1) is 22.2. The molecule has 10 heteroatoms. The van der Waals surface area contributed by atoms with Gasteiger partial charge in [0.25, 0.3) is 5.91 Å². The van der Waals surface area contributed by atoms with E-state index in [0.29, 0.717) is 30.2 Å². The summed E-state index contributed by atoms with van der Waals surface area (Å²) in [5.41, 5.74) is 7.13. The van der Waals surface area contributed by atoms with Crippen LogP contribution in [0.2, 0.25) is 5.02 Å². The first-order valence-corrected chi connectivity index (χ1v) is 10.1. The van der Waals surface area contributed by atoms with Crippen molar-refractivity contribution in [2.45, 2.75) is 13.3 Å². The SMILES string of the molecule is CCOc1ccc(CC(CNC(=O)Nc2cc3c(cc2Cl)NC(=O)CO3)C(N)=O)cc1. The lowest BCUT2D eigenvalue weighted by molar-refractivity contribution is -0.121. The van der Waals surface area contributed by atoms with Crippen LogP contribution in [0.1, 0.15) is 12.5 Å². The predicted octanol–water partition coefficient (Wildman–Crippen LogP) is 2.54. The molecule has 0 fully saturated rings. The number of carbonyl (C=O) groups is 3. The fourth-order valence-electron chi connectivity index (χ4n) is 3.02. The third kappa shape index (κ3) is 6.02. The van der Waals surface area contributed by atoms with Crippen LogP contribution in [0.15, 0.2) is 36.4 Å². The average Bonchev–Trinajstić information content (AvgIpc) is 2.73. The molecule has 0 bridgehead atoms. The van der Waals surface area contributed by atoms with Gasteiger partial charge >= 0.3 is 6.03 Å². The quantitative estimate of drug-likeness (QED) is 0.494. The van der Waals surface area contributed by atoms with Gasteiger partial charge in [0.15, 0.2) is 6.61 Å². The van der Waals surface area contributed by atoms with E-state index >= 15 is 0 Å². The molecule has 0 saturated carbocycles. The van der Waals surface area contributed by atoms with Gasteiger partial charge in [-0.25, -0.2) is 4.79 Å². The van der Waals surface area contributed by atoms with Gasteiger partial charge in [0.2, 0.25) is 5.91 Å². The molecule has 0 aliphatic carbocycles. The molecule has 5 N–H and O–H groups in total. The third-order valence-corrected chi connectivity index (χ3v) is 4.89. The fraction of sp³-hybridized carbons (Fsp3) is 0.286. The molecule has 2 aromatic rings. The summed E-state index contributed by atoms with van der Waals surface area (Å²) in [7, 11) is 0. The number of hydrogen-bond acceptors (Lipinski definition) is 5. The van der Waals surface area contributed by atoms with Crippen molar-refractivity contribution in [2.24, 2.45) is 11.7 Å². The Morgan fingerprint density at radius 2 is 2.03 bits per heavy atom. The minimum atomic E-state index is -0.596. The number of fused-ring (bicyclic) bond motifs is 1. The lowest BCUT2D eigenvalue weighted by atomic mass is 9.98. The van der Waals surface area contributed by atoms with Crippen LogP contribution in [0.5, 0.6) is 11.5 Å². The average molecular weight is 447 g/mol. The Bertz CT molecular complexity index is 980. The van der Waals surface area contributed by atoms with Crippen LogP contribution < -0.4 is 31.2 Å². The minimum absolute atomic E-state index is 0.0451. The van der Waals surface area contributed by atoms with Crippen LogP contribution in [0.3, 0.4) is 0 Å². The van der Waals surface area contributed by atoms with Gasteiger partial charge in [-0.15, -0.1) is 0 Å². The zero-order valence-electron chi connectivity index (χ0n) is 16.9. The van der Waals surface area contributed by atoms with Gasteiger partial charge in [0.1, 0.15) is 11.5 Å². The molecule has 1 heterocycles. The second-order valence-electron chi connectivity index (χ2n) is 6.88. The molecule has 0 aromatic heterocycles. The van der Waals surface area contributed by atoms with E-state index in [2.05, 4.69) is 16.0 Å². The van der Waals surface area contributed by atoms with E-state index in [9.17, 15) is 14.4 Å². The molecule has 1 atom stereocenters. The Balaban J connectivity index is 1.58. The zero-order valence-corrected chi connectivity index (χ0v) is 17.6. The van der Waals surface area contributed by atoms with Gasteiger partial charge in [0.05, 0.1) is 28.9 Å². The second-order valence-corrected chi connectivity index (χ2v) is 7.29. The summed E-state index contributed by atoms with van der Waals surface area (Å²) >= 11 is 6.17. The third-order valence-electron chi connectivity index (χ3n) is 4.58. The zero-order chi connectivity index (χ0) is 22.4. The summed E-state index contributed by atoms with van der Waals surface area (Å²) in [5, 5.41) is 8.10. The van der Waals surface area contributed by atoms with E-state index in [1.54, 1.807) is 0 Å². The first-order chi connectivity index (χ1) is 14.9. The highest BCUT2D eigenvalue weighted by Gasteiger charge is 2.20. The van der Waals surface area contributed by atoms with Gasteiger partial charge in [-0.05, 0) is 37.1 Å². The molecule has 1 aliphatic rings. The Morgan fingerprint density at radius 1 is 1.29 bits per heavy atom. The van der Waals surface area contributed by atoms with E-state index in [4.69, 9.17) is 26.8 Å². The van der Waals surface area contributed by atoms with Crippen molar-refractivity contribution in [3.8, 4) is 11.5 Å². The number of benzene rings is 2. The maximum Gasteiger partial charge on any atom is 0.319 e. The molecular formula is C21H23ClN4O5. The molecule has 31 heavy (non-hydrogen) atoms. The number of primary amides is 1. The summed E-state index contributed by atoms with van der Waals surface area (Å²) < 4.78 is 10.7. The molecule has 4 amide bonds. The van der Waals surface area contributed by atoms with Crippen molar-refractivity contribution in [3.63, 3.8) is 0 Å². The smallest absolute Gasteiger partial charge is 0.319 e. The number of nitrogens with two attached hydrogens (primary N) is 1. The summed E-state index contributed by atoms with van der Waals surface area (Å²) in [5.74, 6) is -0.270. The number of nitrogens with one attached hydrogen (secondary N) is 3. The largest absolute Gasteiger partial charge is 0.494 e. The Labute approximate surface area is 184 Å². The van der Waals surface area contributed by atoms with Gasteiger partial charge < -0.3 is 31.2 Å². The van der Waals surface area contributed by atoms with Crippen molar-refractivity contribution in [3.05, 3.63) is 47.0 Å². The Morgan fingerprint density at radius 3 is 2.71 bits per heavy atom. The van der Waals surface area contributed by atoms with Gasteiger partial charge in [-0.1, -0.05) is 23.7 Å². The number of amides is 4. The van der Waals surface area contributed by atoms with Crippen LogP contribution >= 0.6 is 11.6 Å². The molecular weight excluding hydrogens is 424 g/mol. The molecule has 0 saturated heterocycles. The number of urea groups is 1. The Kier molecular flexibility index (Phi) is 7.19.